The maximum atomic E-state index is 12.9. The Hall–Kier alpha value is -3.58. The van der Waals surface area contributed by atoms with E-state index in [1.165, 1.54) is 10.9 Å². The zero-order valence-corrected chi connectivity index (χ0v) is 19.1. The Bertz CT molecular complexity index is 1290. The second-order valence-corrected chi connectivity index (χ2v) is 8.46. The van der Waals surface area contributed by atoms with Crippen molar-refractivity contribution >= 4 is 16.8 Å². The van der Waals surface area contributed by atoms with Gasteiger partial charge >= 0.3 is 0 Å². The van der Waals surface area contributed by atoms with Crippen molar-refractivity contribution in [3.05, 3.63) is 82.8 Å². The average molecular weight is 444 g/mol. The fraction of sp³-hybridized carbons (Fsp3) is 0.308. The largest absolute Gasteiger partial charge is 0.497 e. The number of amides is 1. The standard InChI is InChI=1S/C26H29N5O2/c1-3-27-26(32)25-22-17-30(16-19-14-28-23-10-5-4-9-21(19)23)12-11-24(22)31(29-25)15-18-7-6-8-20(13-18)33-2/h4-10,13-14,28H,3,11-12,15-17H2,1-2H3,(H,27,32). The molecule has 2 aromatic carbocycles. The monoisotopic (exact) mass is 443 g/mol. The van der Waals surface area contributed by atoms with Crippen LogP contribution < -0.4 is 10.1 Å². The Morgan fingerprint density at radius 1 is 1.18 bits per heavy atom. The SMILES string of the molecule is CCNC(=O)c1nn(Cc2cccc(OC)c2)c2c1CN(Cc1c[nH]c3ccccc13)CC2. The van der Waals surface area contributed by atoms with Gasteiger partial charge in [-0.15, -0.1) is 0 Å². The van der Waals surface area contributed by atoms with Crippen LogP contribution in [0, 0.1) is 0 Å². The first-order valence-electron chi connectivity index (χ1n) is 11.4. The van der Waals surface area contributed by atoms with Crippen LogP contribution >= 0.6 is 0 Å². The Morgan fingerprint density at radius 2 is 2.06 bits per heavy atom. The third-order valence-electron chi connectivity index (χ3n) is 6.30. The second-order valence-electron chi connectivity index (χ2n) is 8.46. The highest BCUT2D eigenvalue weighted by Gasteiger charge is 2.28. The van der Waals surface area contributed by atoms with Crippen molar-refractivity contribution in [1.29, 1.82) is 0 Å². The first-order valence-corrected chi connectivity index (χ1v) is 11.4. The molecule has 0 unspecified atom stereocenters. The number of fused-ring (bicyclic) bond motifs is 2. The smallest absolute Gasteiger partial charge is 0.272 e. The van der Waals surface area contributed by atoms with Crippen molar-refractivity contribution in [3.63, 3.8) is 0 Å². The number of H-pyrrole nitrogens is 1. The van der Waals surface area contributed by atoms with E-state index in [-0.39, 0.29) is 5.91 Å². The summed E-state index contributed by atoms with van der Waals surface area (Å²) in [5.41, 5.74) is 6.25. The van der Waals surface area contributed by atoms with E-state index in [0.717, 1.165) is 47.6 Å². The number of methoxy groups -OCH3 is 1. The highest BCUT2D eigenvalue weighted by Crippen LogP contribution is 2.27. The van der Waals surface area contributed by atoms with Gasteiger partial charge in [0.05, 0.1) is 13.7 Å². The number of hydrogen-bond donors (Lipinski definition) is 2. The van der Waals surface area contributed by atoms with Gasteiger partial charge in [-0.25, -0.2) is 0 Å². The van der Waals surface area contributed by atoms with Crippen LogP contribution in [0.4, 0.5) is 0 Å². The van der Waals surface area contributed by atoms with E-state index in [1.54, 1.807) is 7.11 Å². The van der Waals surface area contributed by atoms with Crippen molar-refractivity contribution in [2.45, 2.75) is 33.0 Å². The number of rotatable bonds is 7. The van der Waals surface area contributed by atoms with Gasteiger partial charge in [-0.1, -0.05) is 30.3 Å². The molecule has 2 aromatic heterocycles. The van der Waals surface area contributed by atoms with Crippen LogP contribution in [0.15, 0.2) is 54.7 Å². The minimum Gasteiger partial charge on any atom is -0.497 e. The zero-order chi connectivity index (χ0) is 22.8. The number of ether oxygens (including phenoxy) is 1. The normalized spacial score (nSPS) is 13.8. The molecule has 7 nitrogen and oxygen atoms in total. The first-order chi connectivity index (χ1) is 16.2. The number of carbonyl (C=O) groups is 1. The molecule has 0 saturated carbocycles. The average Bonchev–Trinajstić information content (AvgIpc) is 3.41. The van der Waals surface area contributed by atoms with Crippen LogP contribution in [0.3, 0.4) is 0 Å². The van der Waals surface area contributed by atoms with Crippen molar-refractivity contribution in [1.82, 2.24) is 25.0 Å². The summed E-state index contributed by atoms with van der Waals surface area (Å²) in [6, 6.07) is 16.4. The van der Waals surface area contributed by atoms with E-state index >= 15 is 0 Å². The van der Waals surface area contributed by atoms with E-state index in [9.17, 15) is 4.79 Å². The topological polar surface area (TPSA) is 75.2 Å². The summed E-state index contributed by atoms with van der Waals surface area (Å²) >= 11 is 0. The van der Waals surface area contributed by atoms with E-state index < -0.39 is 0 Å². The highest BCUT2D eigenvalue weighted by molar-refractivity contribution is 5.94. The van der Waals surface area contributed by atoms with Gasteiger partial charge in [-0.3, -0.25) is 14.4 Å². The molecule has 170 valence electrons. The van der Waals surface area contributed by atoms with Crippen LogP contribution in [0.1, 0.15) is 39.8 Å². The van der Waals surface area contributed by atoms with E-state index in [0.29, 0.717) is 25.3 Å². The van der Waals surface area contributed by atoms with Gasteiger partial charge in [0.2, 0.25) is 0 Å². The Labute approximate surface area is 193 Å². The molecule has 0 aliphatic carbocycles. The fourth-order valence-corrected chi connectivity index (χ4v) is 4.69. The van der Waals surface area contributed by atoms with Gasteiger partial charge < -0.3 is 15.0 Å². The van der Waals surface area contributed by atoms with Gasteiger partial charge in [0.1, 0.15) is 5.75 Å². The molecule has 0 saturated heterocycles. The Morgan fingerprint density at radius 3 is 2.91 bits per heavy atom. The Balaban J connectivity index is 1.43. The number of hydrogen-bond acceptors (Lipinski definition) is 4. The fourth-order valence-electron chi connectivity index (χ4n) is 4.69. The van der Waals surface area contributed by atoms with Gasteiger partial charge in [-0.05, 0) is 36.2 Å². The first kappa shape index (κ1) is 21.3. The predicted octanol–water partition coefficient (Wildman–Crippen LogP) is 3.73. The van der Waals surface area contributed by atoms with Crippen molar-refractivity contribution in [3.8, 4) is 5.75 Å². The van der Waals surface area contributed by atoms with Crippen LogP contribution in [-0.4, -0.2) is 45.8 Å². The van der Waals surface area contributed by atoms with Crippen LogP contribution in [0.2, 0.25) is 0 Å². The third kappa shape index (κ3) is 4.24. The molecule has 1 aliphatic rings. The summed E-state index contributed by atoms with van der Waals surface area (Å²) in [7, 11) is 1.67. The van der Waals surface area contributed by atoms with Crippen LogP contribution in [-0.2, 0) is 26.1 Å². The Kier molecular flexibility index (Phi) is 5.88. The lowest BCUT2D eigenvalue weighted by molar-refractivity contribution is 0.0947. The number of para-hydroxylation sites is 1. The minimum absolute atomic E-state index is 0.105. The molecule has 33 heavy (non-hydrogen) atoms. The van der Waals surface area contributed by atoms with Crippen LogP contribution in [0.5, 0.6) is 5.75 Å². The molecule has 5 rings (SSSR count). The second kappa shape index (κ2) is 9.11. The number of aromatic amines is 1. The molecule has 0 bridgehead atoms. The lowest BCUT2D eigenvalue weighted by atomic mass is 10.0. The number of nitrogens with one attached hydrogen (secondary N) is 2. The summed E-state index contributed by atoms with van der Waals surface area (Å²) in [4.78, 5) is 18.6. The molecular formula is C26H29N5O2. The van der Waals surface area contributed by atoms with Gasteiger partial charge in [0.15, 0.2) is 5.69 Å². The highest BCUT2D eigenvalue weighted by atomic mass is 16.5. The van der Waals surface area contributed by atoms with Gasteiger partial charge in [-0.2, -0.15) is 5.10 Å². The van der Waals surface area contributed by atoms with Crippen LogP contribution in [0.25, 0.3) is 10.9 Å². The van der Waals surface area contributed by atoms with Gasteiger partial charge in [0, 0.05) is 61.0 Å². The number of aromatic nitrogens is 3. The summed E-state index contributed by atoms with van der Waals surface area (Å²) in [5, 5.41) is 8.96. The van der Waals surface area contributed by atoms with Gasteiger partial charge in [0.25, 0.3) is 5.91 Å². The maximum Gasteiger partial charge on any atom is 0.272 e. The number of benzene rings is 2. The molecule has 1 amide bonds. The minimum atomic E-state index is -0.105. The third-order valence-corrected chi connectivity index (χ3v) is 6.30. The molecule has 0 fully saturated rings. The zero-order valence-electron chi connectivity index (χ0n) is 19.1. The summed E-state index contributed by atoms with van der Waals surface area (Å²) in [6.45, 7) is 5.58. The summed E-state index contributed by atoms with van der Waals surface area (Å²) in [6.07, 6.45) is 2.95. The summed E-state index contributed by atoms with van der Waals surface area (Å²) in [5.74, 6) is 0.717. The molecular weight excluding hydrogens is 414 g/mol. The lowest BCUT2D eigenvalue weighted by Gasteiger charge is -2.27. The van der Waals surface area contributed by atoms with Crippen molar-refractivity contribution < 1.29 is 9.53 Å². The molecule has 0 radical (unpaired) electrons. The number of nitrogens with zero attached hydrogens (tertiary/aromatic N) is 3. The number of carbonyl (C=O) groups excluding carboxylic acids is 1. The molecule has 3 heterocycles. The van der Waals surface area contributed by atoms with E-state index in [4.69, 9.17) is 9.84 Å². The molecule has 4 aromatic rings. The van der Waals surface area contributed by atoms with Crippen molar-refractivity contribution in [2.24, 2.45) is 0 Å². The maximum absolute atomic E-state index is 12.9. The molecule has 1 aliphatic heterocycles. The van der Waals surface area contributed by atoms with Crippen molar-refractivity contribution in [2.75, 3.05) is 20.2 Å². The molecule has 0 atom stereocenters. The van der Waals surface area contributed by atoms with E-state index in [1.807, 2.05) is 35.9 Å². The lowest BCUT2D eigenvalue weighted by Crippen LogP contribution is -2.32. The summed E-state index contributed by atoms with van der Waals surface area (Å²) < 4.78 is 7.37. The molecule has 7 heteroatoms. The van der Waals surface area contributed by atoms with E-state index in [2.05, 4.69) is 45.7 Å². The quantitative estimate of drug-likeness (QED) is 0.456. The molecule has 0 spiro atoms. The molecule has 2 N–H and O–H groups in total. The predicted molar refractivity (Wildman–Crippen MR) is 128 cm³/mol.